The highest BCUT2D eigenvalue weighted by molar-refractivity contribution is 5.24. The molecule has 4 heteroatoms. The Morgan fingerprint density at radius 3 is 3.00 bits per heavy atom. The van der Waals surface area contributed by atoms with E-state index in [1.807, 2.05) is 0 Å². The normalized spacial score (nSPS) is 12.6. The first-order valence-corrected chi connectivity index (χ1v) is 5.31. The van der Waals surface area contributed by atoms with Gasteiger partial charge in [-0.1, -0.05) is 35.0 Å². The van der Waals surface area contributed by atoms with Crippen molar-refractivity contribution in [3.8, 4) is 0 Å². The lowest BCUT2D eigenvalue weighted by molar-refractivity contribution is 0.405. The van der Waals surface area contributed by atoms with Gasteiger partial charge in [0.25, 0.3) is 0 Å². The fourth-order valence-corrected chi connectivity index (χ4v) is 1.57. The van der Waals surface area contributed by atoms with Crippen LogP contribution >= 0.6 is 0 Å². The van der Waals surface area contributed by atoms with Gasteiger partial charge in [0.2, 0.25) is 6.39 Å². The van der Waals surface area contributed by atoms with Crippen molar-refractivity contribution in [2.24, 2.45) is 0 Å². The molecule has 1 heterocycles. The van der Waals surface area contributed by atoms with Crippen LogP contribution in [0.5, 0.6) is 0 Å². The van der Waals surface area contributed by atoms with E-state index in [4.69, 9.17) is 0 Å². The van der Waals surface area contributed by atoms with Crippen molar-refractivity contribution in [3.05, 3.63) is 47.6 Å². The van der Waals surface area contributed by atoms with Crippen molar-refractivity contribution in [3.63, 3.8) is 0 Å². The van der Waals surface area contributed by atoms with E-state index in [2.05, 4.69) is 58.1 Å². The summed E-state index contributed by atoms with van der Waals surface area (Å²) in [6.45, 7) is 4.83. The molecule has 0 fully saturated rings. The van der Waals surface area contributed by atoms with E-state index in [1.54, 1.807) is 0 Å². The van der Waals surface area contributed by atoms with Crippen LogP contribution in [0.15, 0.2) is 35.2 Å². The second kappa shape index (κ2) is 4.90. The summed E-state index contributed by atoms with van der Waals surface area (Å²) in [5.74, 6) is 0.680. The van der Waals surface area contributed by atoms with Crippen LogP contribution in [0.2, 0.25) is 0 Å². The summed E-state index contributed by atoms with van der Waals surface area (Å²) < 4.78 is 4.67. The third kappa shape index (κ3) is 2.67. The molecule has 0 amide bonds. The van der Waals surface area contributed by atoms with Gasteiger partial charge < -0.3 is 9.84 Å². The lowest BCUT2D eigenvalue weighted by Gasteiger charge is -2.13. The maximum absolute atomic E-state index is 4.67. The minimum atomic E-state index is 0.276. The van der Waals surface area contributed by atoms with Crippen LogP contribution in [0.1, 0.15) is 29.9 Å². The summed E-state index contributed by atoms with van der Waals surface area (Å²) in [6, 6.07) is 8.72. The first kappa shape index (κ1) is 10.8. The molecule has 2 rings (SSSR count). The van der Waals surface area contributed by atoms with E-state index in [-0.39, 0.29) is 6.04 Å². The van der Waals surface area contributed by atoms with E-state index >= 15 is 0 Å². The predicted octanol–water partition coefficient (Wildman–Crippen LogP) is 2.23. The van der Waals surface area contributed by atoms with E-state index in [0.717, 1.165) is 0 Å². The van der Waals surface area contributed by atoms with Gasteiger partial charge in [0.1, 0.15) is 0 Å². The molecule has 1 aromatic carbocycles. The minimum Gasteiger partial charge on any atom is -0.343 e. The van der Waals surface area contributed by atoms with Gasteiger partial charge >= 0.3 is 0 Å². The number of aryl methyl sites for hydroxylation is 1. The highest BCUT2D eigenvalue weighted by Crippen LogP contribution is 2.13. The highest BCUT2D eigenvalue weighted by Gasteiger charge is 2.06. The number of hydrogen-bond acceptors (Lipinski definition) is 4. The lowest BCUT2D eigenvalue weighted by Crippen LogP contribution is -2.18. The Morgan fingerprint density at radius 2 is 2.31 bits per heavy atom. The van der Waals surface area contributed by atoms with Crippen molar-refractivity contribution in [2.75, 3.05) is 0 Å². The smallest absolute Gasteiger partial charge is 0.213 e. The lowest BCUT2D eigenvalue weighted by atomic mass is 10.1. The Kier molecular flexibility index (Phi) is 3.31. The van der Waals surface area contributed by atoms with Crippen LogP contribution in [0.4, 0.5) is 0 Å². The Morgan fingerprint density at radius 1 is 1.44 bits per heavy atom. The fourth-order valence-electron chi connectivity index (χ4n) is 1.57. The zero-order valence-electron chi connectivity index (χ0n) is 9.47. The van der Waals surface area contributed by atoms with E-state index in [9.17, 15) is 0 Å². The van der Waals surface area contributed by atoms with Crippen molar-refractivity contribution in [2.45, 2.75) is 26.4 Å². The maximum atomic E-state index is 4.67. The van der Waals surface area contributed by atoms with Crippen molar-refractivity contribution in [1.82, 2.24) is 15.5 Å². The highest BCUT2D eigenvalue weighted by atomic mass is 16.5. The molecule has 16 heavy (non-hydrogen) atoms. The zero-order chi connectivity index (χ0) is 11.4. The Balaban J connectivity index is 1.95. The van der Waals surface area contributed by atoms with Crippen LogP contribution in [0, 0.1) is 6.92 Å². The number of rotatable bonds is 4. The monoisotopic (exact) mass is 217 g/mol. The third-order valence-corrected chi connectivity index (χ3v) is 2.52. The average molecular weight is 217 g/mol. The summed E-state index contributed by atoms with van der Waals surface area (Å²) >= 11 is 0. The van der Waals surface area contributed by atoms with E-state index < -0.39 is 0 Å². The van der Waals surface area contributed by atoms with Gasteiger partial charge in [0, 0.05) is 6.04 Å². The van der Waals surface area contributed by atoms with Crippen LogP contribution < -0.4 is 5.32 Å². The van der Waals surface area contributed by atoms with Gasteiger partial charge in [-0.15, -0.1) is 0 Å². The molecule has 4 nitrogen and oxygen atoms in total. The third-order valence-electron chi connectivity index (χ3n) is 2.52. The number of benzene rings is 1. The summed E-state index contributed by atoms with van der Waals surface area (Å²) in [6.07, 6.45) is 1.34. The maximum Gasteiger partial charge on any atom is 0.213 e. The van der Waals surface area contributed by atoms with Crippen LogP contribution in [-0.4, -0.2) is 10.1 Å². The number of hydrogen-bond donors (Lipinski definition) is 1. The van der Waals surface area contributed by atoms with Gasteiger partial charge in [0.05, 0.1) is 6.54 Å². The fraction of sp³-hybridized carbons (Fsp3) is 0.333. The molecule has 0 aliphatic carbocycles. The SMILES string of the molecule is Cc1cccc(C(C)NCc2ncon2)c1. The van der Waals surface area contributed by atoms with Gasteiger partial charge in [-0.2, -0.15) is 4.98 Å². The number of aromatic nitrogens is 2. The molecule has 1 atom stereocenters. The molecule has 0 aliphatic heterocycles. The molecule has 1 aromatic heterocycles. The quantitative estimate of drug-likeness (QED) is 0.853. The average Bonchev–Trinajstić information content (AvgIpc) is 2.78. The van der Waals surface area contributed by atoms with E-state index in [1.165, 1.54) is 17.5 Å². The van der Waals surface area contributed by atoms with Gasteiger partial charge in [-0.3, -0.25) is 0 Å². The number of nitrogens with zero attached hydrogens (tertiary/aromatic N) is 2. The van der Waals surface area contributed by atoms with Crippen LogP contribution in [0.25, 0.3) is 0 Å². The molecular formula is C12H15N3O. The molecule has 0 saturated heterocycles. The Bertz CT molecular complexity index is 439. The van der Waals surface area contributed by atoms with Crippen molar-refractivity contribution in [1.29, 1.82) is 0 Å². The van der Waals surface area contributed by atoms with Gasteiger partial charge in [-0.25, -0.2) is 0 Å². The van der Waals surface area contributed by atoms with Gasteiger partial charge in [-0.05, 0) is 19.4 Å². The minimum absolute atomic E-state index is 0.276. The zero-order valence-corrected chi connectivity index (χ0v) is 9.47. The Hall–Kier alpha value is -1.68. The molecule has 0 spiro atoms. The van der Waals surface area contributed by atoms with Crippen LogP contribution in [0.3, 0.4) is 0 Å². The molecule has 0 bridgehead atoms. The molecule has 84 valence electrons. The van der Waals surface area contributed by atoms with E-state index in [0.29, 0.717) is 12.4 Å². The standard InChI is InChI=1S/C12H15N3O/c1-9-4-3-5-11(6-9)10(2)13-7-12-14-8-16-15-12/h3-6,8,10,13H,7H2,1-2H3. The first-order chi connectivity index (χ1) is 7.75. The largest absolute Gasteiger partial charge is 0.343 e. The topological polar surface area (TPSA) is 51.0 Å². The van der Waals surface area contributed by atoms with Crippen LogP contribution in [-0.2, 0) is 6.54 Å². The molecule has 0 radical (unpaired) electrons. The second-order valence-corrected chi connectivity index (χ2v) is 3.86. The molecular weight excluding hydrogens is 202 g/mol. The molecule has 0 aliphatic rings. The molecule has 0 saturated carbocycles. The summed E-state index contributed by atoms with van der Waals surface area (Å²) in [7, 11) is 0. The molecule has 2 aromatic rings. The predicted molar refractivity (Wildman–Crippen MR) is 60.7 cm³/mol. The summed E-state index contributed by atoms with van der Waals surface area (Å²) in [5.41, 5.74) is 2.54. The second-order valence-electron chi connectivity index (χ2n) is 3.86. The summed E-state index contributed by atoms with van der Waals surface area (Å²) in [5, 5.41) is 7.09. The molecule has 1 unspecified atom stereocenters. The Labute approximate surface area is 94.7 Å². The van der Waals surface area contributed by atoms with Crippen molar-refractivity contribution >= 4 is 0 Å². The molecule has 1 N–H and O–H groups in total. The first-order valence-electron chi connectivity index (χ1n) is 5.31. The van der Waals surface area contributed by atoms with Crippen molar-refractivity contribution < 1.29 is 4.52 Å². The van der Waals surface area contributed by atoms with Gasteiger partial charge in [0.15, 0.2) is 5.82 Å². The summed E-state index contributed by atoms with van der Waals surface area (Å²) in [4.78, 5) is 3.96. The number of nitrogens with one attached hydrogen (secondary N) is 1.